The number of nitrogens with zero attached hydrogens (tertiary/aromatic N) is 4. The third-order valence-corrected chi connectivity index (χ3v) is 4.34. The van der Waals surface area contributed by atoms with Crippen LogP contribution in [0.5, 0.6) is 0 Å². The van der Waals surface area contributed by atoms with Crippen LogP contribution in [-0.4, -0.2) is 38.5 Å². The van der Waals surface area contributed by atoms with E-state index in [9.17, 15) is 18.0 Å². The third-order valence-electron chi connectivity index (χ3n) is 4.34. The van der Waals surface area contributed by atoms with Crippen LogP contribution < -0.4 is 10.6 Å². The van der Waals surface area contributed by atoms with Gasteiger partial charge < -0.3 is 10.6 Å². The Kier molecular flexibility index (Phi) is 5.81. The number of amides is 1. The van der Waals surface area contributed by atoms with Crippen molar-refractivity contribution in [1.29, 1.82) is 0 Å². The van der Waals surface area contributed by atoms with Crippen LogP contribution in [0.1, 0.15) is 27.3 Å². The van der Waals surface area contributed by atoms with Gasteiger partial charge in [-0.25, -0.2) is 15.0 Å². The lowest BCUT2D eigenvalue weighted by atomic mass is 10.1. The number of carbonyl (C=O) groups excluding carboxylic acids is 1. The number of hydrogen-bond acceptors (Lipinski definition) is 5. The lowest BCUT2D eigenvalue weighted by Crippen LogP contribution is -2.29. The second kappa shape index (κ2) is 8.29. The highest BCUT2D eigenvalue weighted by Gasteiger charge is 2.30. The van der Waals surface area contributed by atoms with Crippen LogP contribution in [0.25, 0.3) is 5.82 Å². The van der Waals surface area contributed by atoms with Crippen LogP contribution in [0.2, 0.25) is 0 Å². The van der Waals surface area contributed by atoms with Gasteiger partial charge in [-0.2, -0.15) is 13.2 Å². The number of rotatable bonds is 6. The molecule has 0 aliphatic heterocycles. The molecule has 10 heteroatoms. The number of nitrogens with one attached hydrogen (secondary N) is 2. The number of hydrogen-bond donors (Lipinski definition) is 2. The predicted octanol–water partition coefficient (Wildman–Crippen LogP) is 3.14. The first-order chi connectivity index (χ1) is 13.8. The zero-order chi connectivity index (χ0) is 21.0. The minimum absolute atomic E-state index is 0.160. The number of aromatic nitrogens is 4. The Bertz CT molecular complexity index is 998. The molecule has 7 nitrogen and oxygen atoms in total. The fourth-order valence-electron chi connectivity index (χ4n) is 2.58. The van der Waals surface area contributed by atoms with Crippen LogP contribution in [0.3, 0.4) is 0 Å². The summed E-state index contributed by atoms with van der Waals surface area (Å²) in [4.78, 5) is 24.6. The predicted molar refractivity (Wildman–Crippen MR) is 101 cm³/mol. The maximum Gasteiger partial charge on any atom is 0.416 e. The summed E-state index contributed by atoms with van der Waals surface area (Å²) in [6.07, 6.45) is -1.32. The van der Waals surface area contributed by atoms with Crippen molar-refractivity contribution in [3.63, 3.8) is 0 Å². The summed E-state index contributed by atoms with van der Waals surface area (Å²) in [6, 6.07) is 5.83. The first-order valence-electron chi connectivity index (χ1n) is 8.78. The lowest BCUT2D eigenvalue weighted by molar-refractivity contribution is -0.137. The molecule has 2 N–H and O–H groups in total. The van der Waals surface area contributed by atoms with E-state index in [1.807, 2.05) is 18.4 Å². The van der Waals surface area contributed by atoms with Gasteiger partial charge in [0.2, 0.25) is 0 Å². The molecule has 0 saturated heterocycles. The van der Waals surface area contributed by atoms with Crippen molar-refractivity contribution >= 4 is 11.7 Å². The zero-order valence-corrected chi connectivity index (χ0v) is 15.8. The highest BCUT2D eigenvalue weighted by atomic mass is 19.4. The van der Waals surface area contributed by atoms with Crippen LogP contribution in [0.15, 0.2) is 43.0 Å². The number of anilines is 1. The smallest absolute Gasteiger partial charge is 0.368 e. The van der Waals surface area contributed by atoms with E-state index in [2.05, 4.69) is 25.6 Å². The van der Waals surface area contributed by atoms with E-state index in [0.29, 0.717) is 18.2 Å². The van der Waals surface area contributed by atoms with Gasteiger partial charge in [-0.15, -0.1) is 0 Å². The van der Waals surface area contributed by atoms with Gasteiger partial charge in [0.1, 0.15) is 24.3 Å². The van der Waals surface area contributed by atoms with Gasteiger partial charge in [-0.05, 0) is 38.1 Å². The van der Waals surface area contributed by atoms with Gasteiger partial charge in [0.15, 0.2) is 0 Å². The monoisotopic (exact) mass is 404 g/mol. The van der Waals surface area contributed by atoms with Gasteiger partial charge in [0.25, 0.3) is 5.91 Å². The largest absolute Gasteiger partial charge is 0.416 e. The molecule has 0 atom stereocenters. The Morgan fingerprint density at radius 1 is 1.07 bits per heavy atom. The average Bonchev–Trinajstić information content (AvgIpc) is 3.03. The number of aryl methyl sites for hydroxylation is 1. The van der Waals surface area contributed by atoms with Crippen LogP contribution >= 0.6 is 0 Å². The first kappa shape index (κ1) is 20.3. The molecular weight excluding hydrogens is 385 g/mol. The second-order valence-electron chi connectivity index (χ2n) is 6.30. The number of benzene rings is 1. The van der Waals surface area contributed by atoms with E-state index >= 15 is 0 Å². The summed E-state index contributed by atoms with van der Waals surface area (Å²) >= 11 is 0. The van der Waals surface area contributed by atoms with Crippen molar-refractivity contribution in [2.24, 2.45) is 0 Å². The third kappa shape index (κ3) is 4.89. The van der Waals surface area contributed by atoms with Crippen LogP contribution in [0.4, 0.5) is 19.0 Å². The van der Waals surface area contributed by atoms with Gasteiger partial charge in [0.05, 0.1) is 11.3 Å². The summed E-state index contributed by atoms with van der Waals surface area (Å²) in [5.74, 6) is 0.785. The van der Waals surface area contributed by atoms with E-state index in [0.717, 1.165) is 35.7 Å². The molecule has 1 amide bonds. The Morgan fingerprint density at radius 3 is 2.41 bits per heavy atom. The quantitative estimate of drug-likeness (QED) is 0.617. The van der Waals surface area contributed by atoms with Crippen molar-refractivity contribution in [1.82, 2.24) is 24.8 Å². The molecule has 3 aromatic rings. The molecule has 0 saturated carbocycles. The Hall–Kier alpha value is -3.43. The highest BCUT2D eigenvalue weighted by Crippen LogP contribution is 2.29. The minimum Gasteiger partial charge on any atom is -0.368 e. The standard InChI is InChI=1S/C19H19F3N6O/c1-12-13(2)28(11-27-12)17-9-16(25-10-26-17)23-7-8-24-18(29)14-3-5-15(6-4-14)19(20,21)22/h3-6,9-11H,7-8H2,1-2H3,(H,24,29)(H,23,25,26). The normalized spacial score (nSPS) is 11.3. The number of alkyl halides is 3. The maximum absolute atomic E-state index is 12.6. The first-order valence-corrected chi connectivity index (χ1v) is 8.78. The van der Waals surface area contributed by atoms with Gasteiger partial charge in [-0.1, -0.05) is 0 Å². The summed E-state index contributed by atoms with van der Waals surface area (Å²) in [6.45, 7) is 4.49. The SMILES string of the molecule is Cc1ncn(-c2cc(NCCNC(=O)c3ccc(C(F)(F)F)cc3)ncn2)c1C. The van der Waals surface area contributed by atoms with E-state index in [4.69, 9.17) is 0 Å². The van der Waals surface area contributed by atoms with Crippen LogP contribution in [0, 0.1) is 13.8 Å². The average molecular weight is 404 g/mol. The molecule has 0 spiro atoms. The molecule has 0 fully saturated rings. The fraction of sp³-hybridized carbons (Fsp3) is 0.263. The number of halogens is 3. The minimum atomic E-state index is -4.43. The lowest BCUT2D eigenvalue weighted by Gasteiger charge is -2.10. The zero-order valence-electron chi connectivity index (χ0n) is 15.8. The van der Waals surface area contributed by atoms with E-state index in [1.54, 1.807) is 12.4 Å². The summed E-state index contributed by atoms with van der Waals surface area (Å²) in [5.41, 5.74) is 1.24. The van der Waals surface area contributed by atoms with E-state index < -0.39 is 17.6 Å². The number of imidazole rings is 1. The van der Waals surface area contributed by atoms with E-state index in [1.165, 1.54) is 6.33 Å². The van der Waals surface area contributed by atoms with Gasteiger partial charge >= 0.3 is 6.18 Å². The molecule has 0 unspecified atom stereocenters. The summed E-state index contributed by atoms with van der Waals surface area (Å²) in [5, 5.41) is 5.71. The highest BCUT2D eigenvalue weighted by molar-refractivity contribution is 5.94. The molecule has 29 heavy (non-hydrogen) atoms. The molecule has 3 rings (SSSR count). The van der Waals surface area contributed by atoms with Crippen molar-refractivity contribution in [2.75, 3.05) is 18.4 Å². The van der Waals surface area contributed by atoms with Gasteiger partial charge in [-0.3, -0.25) is 9.36 Å². The van der Waals surface area contributed by atoms with E-state index in [-0.39, 0.29) is 12.1 Å². The number of carbonyl (C=O) groups is 1. The van der Waals surface area contributed by atoms with Crippen molar-refractivity contribution in [3.05, 3.63) is 65.5 Å². The molecule has 152 valence electrons. The Balaban J connectivity index is 1.52. The maximum atomic E-state index is 12.6. The Morgan fingerprint density at radius 2 is 1.79 bits per heavy atom. The van der Waals surface area contributed by atoms with Crippen molar-refractivity contribution < 1.29 is 18.0 Å². The molecule has 1 aromatic carbocycles. The molecule has 0 aliphatic rings. The van der Waals surface area contributed by atoms with Crippen molar-refractivity contribution in [2.45, 2.75) is 20.0 Å². The van der Waals surface area contributed by atoms with Gasteiger partial charge in [0, 0.05) is 30.4 Å². The summed E-state index contributed by atoms with van der Waals surface area (Å²) in [7, 11) is 0. The Labute approximate surface area is 165 Å². The molecule has 0 bridgehead atoms. The molecule has 0 radical (unpaired) electrons. The fourth-order valence-corrected chi connectivity index (χ4v) is 2.58. The second-order valence-corrected chi connectivity index (χ2v) is 6.30. The van der Waals surface area contributed by atoms with Crippen molar-refractivity contribution in [3.8, 4) is 5.82 Å². The van der Waals surface area contributed by atoms with Crippen LogP contribution in [-0.2, 0) is 6.18 Å². The molecule has 2 heterocycles. The topological polar surface area (TPSA) is 84.7 Å². The molecular formula is C19H19F3N6O. The molecule has 0 aliphatic carbocycles. The summed E-state index contributed by atoms with van der Waals surface area (Å²) < 4.78 is 39.5. The molecule has 2 aromatic heterocycles.